The van der Waals surface area contributed by atoms with Gasteiger partial charge < -0.3 is 10.2 Å². The van der Waals surface area contributed by atoms with Crippen molar-refractivity contribution in [3.8, 4) is 0 Å². The van der Waals surface area contributed by atoms with E-state index in [2.05, 4.69) is 26.2 Å². The molecule has 1 aromatic rings. The summed E-state index contributed by atoms with van der Waals surface area (Å²) in [6.07, 6.45) is 2.40. The van der Waals surface area contributed by atoms with Crippen molar-refractivity contribution in [3.05, 3.63) is 15.0 Å². The van der Waals surface area contributed by atoms with Crippen molar-refractivity contribution in [1.82, 2.24) is 15.2 Å². The second kappa shape index (κ2) is 6.29. The predicted molar refractivity (Wildman–Crippen MR) is 72.6 cm³/mol. The quantitative estimate of drug-likeness (QED) is 0.834. The van der Waals surface area contributed by atoms with Crippen LogP contribution in [0.3, 0.4) is 0 Å². The van der Waals surface area contributed by atoms with Gasteiger partial charge in [0.05, 0.1) is 0 Å². The number of likely N-dealkylation sites (tertiary alicyclic amines) is 1. The van der Waals surface area contributed by atoms with Gasteiger partial charge in [0, 0.05) is 31.4 Å². The number of nitrogens with one attached hydrogen (secondary N) is 1. The number of carbonyl (C=O) groups is 2. The highest BCUT2D eigenvalue weighted by molar-refractivity contribution is 9.11. The molecule has 1 aromatic heterocycles. The average molecular weight is 332 g/mol. The van der Waals surface area contributed by atoms with Crippen LogP contribution < -0.4 is 5.32 Å². The topological polar surface area (TPSA) is 62.3 Å². The highest BCUT2D eigenvalue weighted by Crippen LogP contribution is 2.15. The van der Waals surface area contributed by atoms with E-state index in [1.54, 1.807) is 5.38 Å². The first kappa shape index (κ1) is 13.5. The minimum atomic E-state index is -0.162. The first-order valence-corrected chi connectivity index (χ1v) is 7.51. The molecule has 1 N–H and O–H groups in total. The third kappa shape index (κ3) is 3.52. The highest BCUT2D eigenvalue weighted by atomic mass is 79.9. The van der Waals surface area contributed by atoms with Crippen LogP contribution in [-0.4, -0.2) is 41.3 Å². The number of nitrogens with zero attached hydrogens (tertiary/aromatic N) is 2. The summed E-state index contributed by atoms with van der Waals surface area (Å²) in [4.78, 5) is 28.9. The molecule has 0 atom stereocenters. The van der Waals surface area contributed by atoms with E-state index in [1.165, 1.54) is 11.3 Å². The maximum absolute atomic E-state index is 11.7. The zero-order valence-electron chi connectivity index (χ0n) is 9.82. The Kier molecular flexibility index (Phi) is 4.71. The summed E-state index contributed by atoms with van der Waals surface area (Å²) >= 11 is 4.60. The summed E-state index contributed by atoms with van der Waals surface area (Å²) in [6, 6.07) is 0. The molecule has 1 saturated heterocycles. The molecule has 1 aliphatic heterocycles. The first-order valence-electron chi connectivity index (χ1n) is 5.84. The summed E-state index contributed by atoms with van der Waals surface area (Å²) in [7, 11) is 0. The van der Waals surface area contributed by atoms with Crippen molar-refractivity contribution in [2.45, 2.75) is 19.3 Å². The molecule has 0 spiro atoms. The van der Waals surface area contributed by atoms with Crippen molar-refractivity contribution in [2.24, 2.45) is 0 Å². The van der Waals surface area contributed by atoms with Crippen LogP contribution in [0.1, 0.15) is 29.8 Å². The average Bonchev–Trinajstić information content (AvgIpc) is 2.94. The molecule has 18 heavy (non-hydrogen) atoms. The zero-order valence-corrected chi connectivity index (χ0v) is 12.2. The summed E-state index contributed by atoms with van der Waals surface area (Å²) in [5.74, 6) is 0.0643. The lowest BCUT2D eigenvalue weighted by Gasteiger charge is -2.14. The maximum Gasteiger partial charge on any atom is 0.270 e. The van der Waals surface area contributed by atoms with Crippen LogP contribution in [-0.2, 0) is 4.79 Å². The molecule has 0 aliphatic carbocycles. The second-order valence-corrected chi connectivity index (χ2v) is 6.21. The van der Waals surface area contributed by atoms with Crippen molar-refractivity contribution in [2.75, 3.05) is 19.6 Å². The van der Waals surface area contributed by atoms with Crippen LogP contribution in [0, 0.1) is 0 Å². The Morgan fingerprint density at radius 3 is 3.06 bits per heavy atom. The Labute approximate surface area is 118 Å². The molecule has 7 heteroatoms. The van der Waals surface area contributed by atoms with E-state index in [0.29, 0.717) is 22.6 Å². The number of thiazole rings is 1. The van der Waals surface area contributed by atoms with Crippen molar-refractivity contribution >= 4 is 39.1 Å². The molecule has 2 amide bonds. The summed E-state index contributed by atoms with van der Waals surface area (Å²) < 4.78 is 0.704. The number of hydrogen-bond donors (Lipinski definition) is 1. The minimum absolute atomic E-state index is 0.162. The van der Waals surface area contributed by atoms with Crippen LogP contribution in [0.2, 0.25) is 0 Å². The van der Waals surface area contributed by atoms with E-state index in [0.717, 1.165) is 25.9 Å². The van der Waals surface area contributed by atoms with E-state index in [1.807, 2.05) is 4.90 Å². The van der Waals surface area contributed by atoms with Crippen LogP contribution in [0.5, 0.6) is 0 Å². The van der Waals surface area contributed by atoms with E-state index in [-0.39, 0.29) is 11.8 Å². The van der Waals surface area contributed by atoms with Gasteiger partial charge >= 0.3 is 0 Å². The highest BCUT2D eigenvalue weighted by Gasteiger charge is 2.19. The minimum Gasteiger partial charge on any atom is -0.351 e. The van der Waals surface area contributed by atoms with Gasteiger partial charge in [-0.05, 0) is 28.8 Å². The molecule has 0 unspecified atom stereocenters. The molecular formula is C11H14BrN3O2S. The van der Waals surface area contributed by atoms with Gasteiger partial charge in [-0.25, -0.2) is 4.98 Å². The lowest BCUT2D eigenvalue weighted by Crippen LogP contribution is -2.30. The number of halogens is 1. The monoisotopic (exact) mass is 331 g/mol. The number of amides is 2. The Balaban J connectivity index is 1.66. The molecule has 0 aromatic carbocycles. The Bertz CT molecular complexity index is 449. The SMILES string of the molecule is O=C(NCCCN1CCCC1=O)c1csc(Br)n1. The summed E-state index contributed by atoms with van der Waals surface area (Å²) in [5, 5.41) is 4.51. The smallest absolute Gasteiger partial charge is 0.270 e. The van der Waals surface area contributed by atoms with Gasteiger partial charge in [-0.1, -0.05) is 0 Å². The van der Waals surface area contributed by atoms with Gasteiger partial charge in [0.15, 0.2) is 3.92 Å². The zero-order chi connectivity index (χ0) is 13.0. The van der Waals surface area contributed by atoms with Crippen LogP contribution in [0.15, 0.2) is 9.30 Å². The lowest BCUT2D eigenvalue weighted by atomic mass is 10.3. The Hall–Kier alpha value is -0.950. The molecule has 0 saturated carbocycles. The fraction of sp³-hybridized carbons (Fsp3) is 0.545. The van der Waals surface area contributed by atoms with Crippen LogP contribution >= 0.6 is 27.3 Å². The van der Waals surface area contributed by atoms with Gasteiger partial charge in [0.1, 0.15) is 5.69 Å². The molecule has 0 bridgehead atoms. The lowest BCUT2D eigenvalue weighted by molar-refractivity contribution is -0.127. The fourth-order valence-corrected chi connectivity index (χ4v) is 2.85. The van der Waals surface area contributed by atoms with Crippen molar-refractivity contribution in [3.63, 3.8) is 0 Å². The molecule has 98 valence electrons. The van der Waals surface area contributed by atoms with Crippen molar-refractivity contribution < 1.29 is 9.59 Å². The third-order valence-electron chi connectivity index (χ3n) is 2.77. The second-order valence-electron chi connectivity index (χ2n) is 4.08. The summed E-state index contributed by atoms with van der Waals surface area (Å²) in [5.41, 5.74) is 0.434. The van der Waals surface area contributed by atoms with E-state index in [4.69, 9.17) is 0 Å². The number of aromatic nitrogens is 1. The Morgan fingerprint density at radius 1 is 1.61 bits per heavy atom. The molecule has 1 fully saturated rings. The predicted octanol–water partition coefficient (Wildman–Crippen LogP) is 1.65. The van der Waals surface area contributed by atoms with E-state index < -0.39 is 0 Å². The third-order valence-corrected chi connectivity index (χ3v) is 4.14. The molecule has 1 aliphatic rings. The largest absolute Gasteiger partial charge is 0.351 e. The van der Waals surface area contributed by atoms with Gasteiger partial charge in [0.25, 0.3) is 5.91 Å². The molecule has 0 radical (unpaired) electrons. The van der Waals surface area contributed by atoms with Gasteiger partial charge in [0.2, 0.25) is 5.91 Å². The van der Waals surface area contributed by atoms with Crippen LogP contribution in [0.25, 0.3) is 0 Å². The van der Waals surface area contributed by atoms with E-state index in [9.17, 15) is 9.59 Å². The number of carbonyl (C=O) groups excluding carboxylic acids is 2. The molecule has 2 rings (SSSR count). The van der Waals surface area contributed by atoms with Crippen LogP contribution in [0.4, 0.5) is 0 Å². The molecule has 2 heterocycles. The summed E-state index contributed by atoms with van der Waals surface area (Å²) in [6.45, 7) is 2.14. The number of rotatable bonds is 5. The fourth-order valence-electron chi connectivity index (χ4n) is 1.86. The molecular weight excluding hydrogens is 318 g/mol. The Morgan fingerprint density at radius 2 is 2.44 bits per heavy atom. The number of hydrogen-bond acceptors (Lipinski definition) is 4. The van der Waals surface area contributed by atoms with Gasteiger partial charge in [-0.3, -0.25) is 9.59 Å². The van der Waals surface area contributed by atoms with Gasteiger partial charge in [-0.2, -0.15) is 0 Å². The normalized spacial score (nSPS) is 15.2. The molecule has 5 nitrogen and oxygen atoms in total. The van der Waals surface area contributed by atoms with Gasteiger partial charge in [-0.15, -0.1) is 11.3 Å². The maximum atomic E-state index is 11.7. The van der Waals surface area contributed by atoms with E-state index >= 15 is 0 Å². The first-order chi connectivity index (χ1) is 8.66. The standard InChI is InChI=1S/C11H14BrN3O2S/c12-11-14-8(7-18-11)10(17)13-4-2-6-15-5-1-3-9(15)16/h7H,1-6H2,(H,13,17). The van der Waals surface area contributed by atoms with Crippen molar-refractivity contribution in [1.29, 1.82) is 0 Å².